The van der Waals surface area contributed by atoms with Crippen LogP contribution in [0.5, 0.6) is 0 Å². The van der Waals surface area contributed by atoms with Crippen LogP contribution in [0.4, 0.5) is 0 Å². The first-order chi connectivity index (χ1) is 16.1. The molecule has 0 saturated carbocycles. The average Bonchev–Trinajstić information content (AvgIpc) is 3.30. The van der Waals surface area contributed by atoms with E-state index in [-0.39, 0.29) is 29.8 Å². The number of rotatable bonds is 8. The van der Waals surface area contributed by atoms with Gasteiger partial charge in [-0.2, -0.15) is 0 Å². The number of hydrogen-bond acceptors (Lipinski definition) is 4. The molecule has 3 N–H and O–H groups in total. The number of carbonyl (C=O) groups is 3. The summed E-state index contributed by atoms with van der Waals surface area (Å²) in [6, 6.07) is 6.68. The minimum atomic E-state index is -0.699. The van der Waals surface area contributed by atoms with Crippen molar-refractivity contribution < 1.29 is 14.4 Å². The molecule has 3 amide bonds. The van der Waals surface area contributed by atoms with Crippen molar-refractivity contribution in [2.45, 2.75) is 97.3 Å². The smallest absolute Gasteiger partial charge is 0.246 e. The average molecular weight is 471 g/mol. The maximum atomic E-state index is 13.7. The molecule has 1 aliphatic carbocycles. The molecular formula is C27H42N4O3. The van der Waals surface area contributed by atoms with Crippen LogP contribution in [0.15, 0.2) is 24.3 Å². The van der Waals surface area contributed by atoms with Crippen molar-refractivity contribution in [3.8, 4) is 0 Å². The number of likely N-dealkylation sites (tertiary alicyclic amines) is 1. The number of benzene rings is 1. The van der Waals surface area contributed by atoms with E-state index in [4.69, 9.17) is 0 Å². The highest BCUT2D eigenvalue weighted by atomic mass is 16.2. The van der Waals surface area contributed by atoms with Gasteiger partial charge in [0.2, 0.25) is 17.7 Å². The quantitative estimate of drug-likeness (QED) is 0.545. The number of hydrogen-bond donors (Lipinski definition) is 3. The lowest BCUT2D eigenvalue weighted by atomic mass is 9.85. The van der Waals surface area contributed by atoms with E-state index in [0.29, 0.717) is 13.0 Å². The SMILES string of the molecule is CCCNC(C)C(=O)NC(C(=O)N1CCCC1C(=O)NC1CCCc2ccccc21)C(C)(C)C. The van der Waals surface area contributed by atoms with Crippen molar-refractivity contribution >= 4 is 17.7 Å². The number of amides is 3. The van der Waals surface area contributed by atoms with Crippen molar-refractivity contribution in [3.05, 3.63) is 35.4 Å². The van der Waals surface area contributed by atoms with Gasteiger partial charge in [0, 0.05) is 6.54 Å². The van der Waals surface area contributed by atoms with Crippen LogP contribution in [0.1, 0.15) is 83.9 Å². The molecule has 1 heterocycles. The topological polar surface area (TPSA) is 90.5 Å². The Morgan fingerprint density at radius 2 is 1.85 bits per heavy atom. The van der Waals surface area contributed by atoms with E-state index in [9.17, 15) is 14.4 Å². The summed E-state index contributed by atoms with van der Waals surface area (Å²) >= 11 is 0. The summed E-state index contributed by atoms with van der Waals surface area (Å²) in [5.41, 5.74) is 1.99. The van der Waals surface area contributed by atoms with Gasteiger partial charge in [0.15, 0.2) is 0 Å². The second-order valence-corrected chi connectivity index (χ2v) is 10.8. The molecule has 7 nitrogen and oxygen atoms in total. The van der Waals surface area contributed by atoms with E-state index < -0.39 is 17.5 Å². The molecule has 0 bridgehead atoms. The van der Waals surface area contributed by atoms with Crippen LogP contribution in [-0.2, 0) is 20.8 Å². The van der Waals surface area contributed by atoms with Crippen LogP contribution in [0.2, 0.25) is 0 Å². The molecule has 1 aromatic carbocycles. The molecule has 1 aliphatic heterocycles. The third-order valence-electron chi connectivity index (χ3n) is 7.02. The van der Waals surface area contributed by atoms with Gasteiger partial charge < -0.3 is 20.9 Å². The summed E-state index contributed by atoms with van der Waals surface area (Å²) in [6.07, 6.45) is 5.34. The zero-order valence-corrected chi connectivity index (χ0v) is 21.4. The molecule has 1 fully saturated rings. The predicted molar refractivity (Wildman–Crippen MR) is 134 cm³/mol. The molecule has 7 heteroatoms. The summed E-state index contributed by atoms with van der Waals surface area (Å²) in [4.78, 5) is 41.5. The Morgan fingerprint density at radius 1 is 1.12 bits per heavy atom. The summed E-state index contributed by atoms with van der Waals surface area (Å²) in [5.74, 6) is -0.463. The van der Waals surface area contributed by atoms with Crippen molar-refractivity contribution in [1.29, 1.82) is 0 Å². The van der Waals surface area contributed by atoms with Crippen molar-refractivity contribution in [2.24, 2.45) is 5.41 Å². The van der Waals surface area contributed by atoms with Gasteiger partial charge in [-0.3, -0.25) is 14.4 Å². The third-order valence-corrected chi connectivity index (χ3v) is 7.02. The van der Waals surface area contributed by atoms with Crippen LogP contribution in [0.25, 0.3) is 0 Å². The zero-order chi connectivity index (χ0) is 24.9. The molecule has 1 saturated heterocycles. The summed E-state index contributed by atoms with van der Waals surface area (Å²) in [7, 11) is 0. The van der Waals surface area contributed by atoms with Crippen LogP contribution < -0.4 is 16.0 Å². The van der Waals surface area contributed by atoms with E-state index >= 15 is 0 Å². The molecule has 0 aromatic heterocycles. The molecule has 1 aromatic rings. The van der Waals surface area contributed by atoms with Crippen LogP contribution in [0.3, 0.4) is 0 Å². The van der Waals surface area contributed by atoms with Crippen LogP contribution >= 0.6 is 0 Å². The van der Waals surface area contributed by atoms with E-state index in [0.717, 1.165) is 38.6 Å². The monoisotopic (exact) mass is 470 g/mol. The molecule has 0 radical (unpaired) electrons. The Hall–Kier alpha value is -2.41. The second-order valence-electron chi connectivity index (χ2n) is 10.8. The highest BCUT2D eigenvalue weighted by Crippen LogP contribution is 2.31. The van der Waals surface area contributed by atoms with Gasteiger partial charge in [0.25, 0.3) is 0 Å². The predicted octanol–water partition coefficient (Wildman–Crippen LogP) is 3.09. The molecule has 3 rings (SSSR count). The molecule has 2 aliphatic rings. The number of aryl methyl sites for hydroxylation is 1. The minimum absolute atomic E-state index is 0.0152. The normalized spacial score (nSPS) is 22.0. The first-order valence-corrected chi connectivity index (χ1v) is 12.9. The maximum Gasteiger partial charge on any atom is 0.246 e. The molecule has 4 atom stereocenters. The Balaban J connectivity index is 1.71. The second kappa shape index (κ2) is 11.3. The Kier molecular flexibility index (Phi) is 8.74. The number of nitrogens with zero attached hydrogens (tertiary/aromatic N) is 1. The number of nitrogens with one attached hydrogen (secondary N) is 3. The number of fused-ring (bicyclic) bond motifs is 1. The van der Waals surface area contributed by atoms with Gasteiger partial charge in [0.1, 0.15) is 12.1 Å². The summed E-state index contributed by atoms with van der Waals surface area (Å²) in [6.45, 7) is 11.0. The van der Waals surface area contributed by atoms with E-state index in [1.807, 2.05) is 46.8 Å². The molecule has 34 heavy (non-hydrogen) atoms. The standard InChI is InChI=1S/C27H42N4O3/c1-6-16-28-18(2)24(32)30-23(27(3,4)5)26(34)31-17-10-15-22(31)25(33)29-21-14-9-12-19-11-7-8-13-20(19)21/h7-8,11,13,18,21-23,28H,6,9-10,12,14-17H2,1-5H3,(H,29,33)(H,30,32). The fraction of sp³-hybridized carbons (Fsp3) is 0.667. The lowest BCUT2D eigenvalue weighted by Crippen LogP contribution is -2.59. The zero-order valence-electron chi connectivity index (χ0n) is 21.4. The molecule has 4 unspecified atom stereocenters. The van der Waals surface area contributed by atoms with E-state index in [1.54, 1.807) is 4.90 Å². The fourth-order valence-corrected chi connectivity index (χ4v) is 5.01. The summed E-state index contributed by atoms with van der Waals surface area (Å²) < 4.78 is 0. The first-order valence-electron chi connectivity index (χ1n) is 12.9. The number of carbonyl (C=O) groups excluding carboxylic acids is 3. The Bertz CT molecular complexity index is 879. The largest absolute Gasteiger partial charge is 0.347 e. The third kappa shape index (κ3) is 6.17. The van der Waals surface area contributed by atoms with Gasteiger partial charge >= 0.3 is 0 Å². The van der Waals surface area contributed by atoms with Gasteiger partial charge in [-0.25, -0.2) is 0 Å². The van der Waals surface area contributed by atoms with Gasteiger partial charge in [-0.1, -0.05) is 52.0 Å². The Labute approximate surface area is 204 Å². The lowest BCUT2D eigenvalue weighted by molar-refractivity contribution is -0.144. The highest BCUT2D eigenvalue weighted by molar-refractivity contribution is 5.94. The molecule has 0 spiro atoms. The molecular weight excluding hydrogens is 428 g/mol. The first kappa shape index (κ1) is 26.2. The van der Waals surface area contributed by atoms with Crippen LogP contribution in [0, 0.1) is 5.41 Å². The van der Waals surface area contributed by atoms with Gasteiger partial charge in [-0.05, 0) is 68.5 Å². The lowest BCUT2D eigenvalue weighted by Gasteiger charge is -2.36. The molecule has 188 valence electrons. The van der Waals surface area contributed by atoms with Crippen molar-refractivity contribution in [1.82, 2.24) is 20.9 Å². The van der Waals surface area contributed by atoms with Crippen molar-refractivity contribution in [2.75, 3.05) is 13.1 Å². The maximum absolute atomic E-state index is 13.7. The van der Waals surface area contributed by atoms with E-state index in [2.05, 4.69) is 28.1 Å². The van der Waals surface area contributed by atoms with Gasteiger partial charge in [-0.15, -0.1) is 0 Å². The van der Waals surface area contributed by atoms with Crippen LogP contribution in [-0.4, -0.2) is 53.8 Å². The summed E-state index contributed by atoms with van der Waals surface area (Å²) in [5, 5.41) is 9.38. The van der Waals surface area contributed by atoms with Crippen molar-refractivity contribution in [3.63, 3.8) is 0 Å². The highest BCUT2D eigenvalue weighted by Gasteiger charge is 2.42. The minimum Gasteiger partial charge on any atom is -0.347 e. The van der Waals surface area contributed by atoms with Gasteiger partial charge in [0.05, 0.1) is 12.1 Å². The Morgan fingerprint density at radius 3 is 2.56 bits per heavy atom. The van der Waals surface area contributed by atoms with E-state index in [1.165, 1.54) is 11.1 Å². The fourth-order valence-electron chi connectivity index (χ4n) is 5.01.